The summed E-state index contributed by atoms with van der Waals surface area (Å²) in [7, 11) is 0. The van der Waals surface area contributed by atoms with E-state index in [9.17, 15) is 9.59 Å². The molecule has 0 atom stereocenters. The molecule has 23 heavy (non-hydrogen) atoms. The summed E-state index contributed by atoms with van der Waals surface area (Å²) in [6.07, 6.45) is 3.15. The summed E-state index contributed by atoms with van der Waals surface area (Å²) >= 11 is 1.37. The van der Waals surface area contributed by atoms with Crippen LogP contribution >= 0.6 is 11.3 Å². The lowest BCUT2D eigenvalue weighted by Gasteiger charge is -2.20. The number of anilines is 1. The number of carboxylic acids is 1. The number of nitrogens with one attached hydrogen (secondary N) is 1. The summed E-state index contributed by atoms with van der Waals surface area (Å²) in [4.78, 5) is 28.1. The molecule has 2 aromatic rings. The van der Waals surface area contributed by atoms with Gasteiger partial charge >= 0.3 is 5.97 Å². The minimum absolute atomic E-state index is 0.0181. The highest BCUT2D eigenvalue weighted by atomic mass is 32.1. The third-order valence-corrected chi connectivity index (χ3v) is 4.71. The summed E-state index contributed by atoms with van der Waals surface area (Å²) in [5.41, 5.74) is 1.12. The Bertz CT molecular complexity index is 705. The Hall–Kier alpha value is -2.25. The van der Waals surface area contributed by atoms with Crippen molar-refractivity contribution in [1.82, 2.24) is 4.98 Å². The van der Waals surface area contributed by atoms with Crippen LogP contribution in [0.3, 0.4) is 0 Å². The third-order valence-electron chi connectivity index (χ3n) is 3.74. The predicted octanol–water partition coefficient (Wildman–Crippen LogP) is 2.87. The van der Waals surface area contributed by atoms with E-state index in [1.807, 2.05) is 0 Å². The number of carbonyl (C=O) groups is 2. The summed E-state index contributed by atoms with van der Waals surface area (Å²) in [5, 5.41) is 12.3. The number of hydrogen-bond acceptors (Lipinski definition) is 5. The van der Waals surface area contributed by atoms with Crippen molar-refractivity contribution in [3.8, 4) is 10.4 Å². The second-order valence-electron chi connectivity index (χ2n) is 5.29. The lowest BCUT2D eigenvalue weighted by Crippen LogP contribution is -2.28. The van der Waals surface area contributed by atoms with E-state index in [4.69, 9.17) is 9.84 Å². The molecule has 0 saturated carbocycles. The molecule has 1 fully saturated rings. The molecule has 0 bridgehead atoms. The van der Waals surface area contributed by atoms with Crippen molar-refractivity contribution < 1.29 is 19.4 Å². The van der Waals surface area contributed by atoms with Crippen LogP contribution in [0.4, 0.5) is 5.13 Å². The Balaban J connectivity index is 1.67. The van der Waals surface area contributed by atoms with Gasteiger partial charge in [0.2, 0.25) is 5.91 Å². The standard InChI is InChI=1S/C16H16N2O4S/c19-14(11-5-7-22-8-6-11)18-16-17-9-13(23-16)10-1-3-12(4-2-10)15(20)21/h1-4,9,11H,5-8H2,(H,20,21)(H,17,18,19). The molecule has 1 amide bonds. The van der Waals surface area contributed by atoms with Crippen molar-refractivity contribution in [2.75, 3.05) is 18.5 Å². The minimum Gasteiger partial charge on any atom is -0.478 e. The number of ether oxygens (including phenoxy) is 1. The van der Waals surface area contributed by atoms with Gasteiger partial charge in [-0.05, 0) is 30.5 Å². The Labute approximate surface area is 137 Å². The highest BCUT2D eigenvalue weighted by molar-refractivity contribution is 7.19. The first kappa shape index (κ1) is 15.6. The maximum absolute atomic E-state index is 12.2. The van der Waals surface area contributed by atoms with Gasteiger partial charge in [-0.25, -0.2) is 9.78 Å². The van der Waals surface area contributed by atoms with E-state index in [0.29, 0.717) is 18.3 Å². The molecule has 1 aromatic heterocycles. The zero-order chi connectivity index (χ0) is 16.2. The van der Waals surface area contributed by atoms with Crippen LogP contribution in [0.25, 0.3) is 10.4 Å². The van der Waals surface area contributed by atoms with E-state index in [0.717, 1.165) is 23.3 Å². The summed E-state index contributed by atoms with van der Waals surface area (Å²) < 4.78 is 5.25. The maximum atomic E-state index is 12.2. The highest BCUT2D eigenvalue weighted by Gasteiger charge is 2.22. The van der Waals surface area contributed by atoms with Crippen LogP contribution in [0, 0.1) is 5.92 Å². The summed E-state index contributed by atoms with van der Waals surface area (Å²) in [5.74, 6) is -0.994. The Morgan fingerprint density at radius 1 is 1.22 bits per heavy atom. The molecule has 3 rings (SSSR count). The van der Waals surface area contributed by atoms with Crippen LogP contribution < -0.4 is 5.32 Å². The van der Waals surface area contributed by atoms with Gasteiger partial charge in [-0.3, -0.25) is 4.79 Å². The number of thiazole rings is 1. The molecule has 1 aliphatic rings. The fraction of sp³-hybridized carbons (Fsp3) is 0.312. The molecule has 2 heterocycles. The van der Waals surface area contributed by atoms with Gasteiger partial charge in [0, 0.05) is 25.3 Å². The van der Waals surface area contributed by atoms with Crippen LogP contribution in [0.5, 0.6) is 0 Å². The van der Waals surface area contributed by atoms with Crippen molar-refractivity contribution in [3.63, 3.8) is 0 Å². The highest BCUT2D eigenvalue weighted by Crippen LogP contribution is 2.29. The van der Waals surface area contributed by atoms with E-state index >= 15 is 0 Å². The number of aromatic nitrogens is 1. The van der Waals surface area contributed by atoms with Crippen molar-refractivity contribution in [2.24, 2.45) is 5.92 Å². The quantitative estimate of drug-likeness (QED) is 0.899. The molecule has 1 aromatic carbocycles. The number of rotatable bonds is 4. The molecule has 1 aliphatic heterocycles. The van der Waals surface area contributed by atoms with E-state index in [1.54, 1.807) is 30.5 Å². The van der Waals surface area contributed by atoms with Crippen LogP contribution in [0.2, 0.25) is 0 Å². The van der Waals surface area contributed by atoms with Gasteiger partial charge in [-0.1, -0.05) is 23.5 Å². The number of nitrogens with zero attached hydrogens (tertiary/aromatic N) is 1. The number of carbonyl (C=O) groups excluding carboxylic acids is 1. The third kappa shape index (κ3) is 3.75. The van der Waals surface area contributed by atoms with E-state index in [-0.39, 0.29) is 17.4 Å². The van der Waals surface area contributed by atoms with Crippen LogP contribution in [0.15, 0.2) is 30.5 Å². The molecule has 0 spiro atoms. The zero-order valence-electron chi connectivity index (χ0n) is 12.3. The average Bonchev–Trinajstić information content (AvgIpc) is 3.04. The molecular weight excluding hydrogens is 316 g/mol. The van der Waals surface area contributed by atoms with Gasteiger partial charge in [-0.15, -0.1) is 0 Å². The second-order valence-corrected chi connectivity index (χ2v) is 6.32. The topological polar surface area (TPSA) is 88.5 Å². The molecule has 7 heteroatoms. The molecule has 6 nitrogen and oxygen atoms in total. The zero-order valence-corrected chi connectivity index (χ0v) is 13.1. The van der Waals surface area contributed by atoms with Gasteiger partial charge in [0.05, 0.1) is 10.4 Å². The molecule has 120 valence electrons. The van der Waals surface area contributed by atoms with Crippen molar-refractivity contribution in [3.05, 3.63) is 36.0 Å². The fourth-order valence-corrected chi connectivity index (χ4v) is 3.23. The van der Waals surface area contributed by atoms with Gasteiger partial charge in [0.25, 0.3) is 0 Å². The van der Waals surface area contributed by atoms with E-state index < -0.39 is 5.97 Å². The van der Waals surface area contributed by atoms with E-state index in [1.165, 1.54) is 11.3 Å². The number of aromatic carboxylic acids is 1. The molecule has 2 N–H and O–H groups in total. The molecule has 0 radical (unpaired) electrons. The average molecular weight is 332 g/mol. The first-order valence-corrected chi connectivity index (χ1v) is 8.13. The smallest absolute Gasteiger partial charge is 0.335 e. The number of amides is 1. The second kappa shape index (κ2) is 6.89. The Kier molecular flexibility index (Phi) is 4.68. The lowest BCUT2D eigenvalue weighted by atomic mass is 10.00. The first-order valence-electron chi connectivity index (χ1n) is 7.31. The molecule has 0 aliphatic carbocycles. The number of carboxylic acid groups (broad SMARTS) is 1. The van der Waals surface area contributed by atoms with Crippen LogP contribution in [-0.4, -0.2) is 35.2 Å². The Morgan fingerprint density at radius 3 is 2.57 bits per heavy atom. The van der Waals surface area contributed by atoms with E-state index in [2.05, 4.69) is 10.3 Å². The van der Waals surface area contributed by atoms with Crippen molar-refractivity contribution in [1.29, 1.82) is 0 Å². The van der Waals surface area contributed by atoms with Gasteiger partial charge < -0.3 is 15.2 Å². The normalized spacial score (nSPS) is 15.3. The monoisotopic (exact) mass is 332 g/mol. The van der Waals surface area contributed by atoms with Crippen molar-refractivity contribution >= 4 is 28.3 Å². The van der Waals surface area contributed by atoms with Gasteiger partial charge in [-0.2, -0.15) is 0 Å². The maximum Gasteiger partial charge on any atom is 0.335 e. The Morgan fingerprint density at radius 2 is 1.91 bits per heavy atom. The lowest BCUT2D eigenvalue weighted by molar-refractivity contribution is -0.122. The van der Waals surface area contributed by atoms with Gasteiger partial charge in [0.15, 0.2) is 5.13 Å². The molecule has 0 unspecified atom stereocenters. The molecule has 1 saturated heterocycles. The predicted molar refractivity (Wildman–Crippen MR) is 86.7 cm³/mol. The fourth-order valence-electron chi connectivity index (χ4n) is 2.41. The number of benzene rings is 1. The summed E-state index contributed by atoms with van der Waals surface area (Å²) in [6.45, 7) is 1.24. The number of hydrogen-bond donors (Lipinski definition) is 2. The SMILES string of the molecule is O=C(O)c1ccc(-c2cnc(NC(=O)C3CCOCC3)s2)cc1. The minimum atomic E-state index is -0.953. The first-order chi connectivity index (χ1) is 11.1. The largest absolute Gasteiger partial charge is 0.478 e. The van der Waals surface area contributed by atoms with Crippen LogP contribution in [0.1, 0.15) is 23.2 Å². The summed E-state index contributed by atoms with van der Waals surface area (Å²) in [6, 6.07) is 6.58. The van der Waals surface area contributed by atoms with Gasteiger partial charge in [0.1, 0.15) is 0 Å². The molecular formula is C16H16N2O4S. The van der Waals surface area contributed by atoms with Crippen LogP contribution in [-0.2, 0) is 9.53 Å². The van der Waals surface area contributed by atoms with Crippen molar-refractivity contribution in [2.45, 2.75) is 12.8 Å².